The first kappa shape index (κ1) is 13.2. The fraction of sp³-hybridized carbons (Fsp3) is 0.857. The molecule has 1 saturated carbocycles. The van der Waals surface area contributed by atoms with Gasteiger partial charge in [0.2, 0.25) is 0 Å². The Labute approximate surface area is 106 Å². The number of rotatable bonds is 2. The average Bonchev–Trinajstić information content (AvgIpc) is 2.70. The van der Waals surface area contributed by atoms with Crippen molar-refractivity contribution in [3.05, 3.63) is 11.5 Å². The van der Waals surface area contributed by atoms with Crippen molar-refractivity contribution in [2.75, 3.05) is 0 Å². The second-order valence-corrected chi connectivity index (χ2v) is 6.47. The maximum atomic E-state index is 6.00. The van der Waals surface area contributed by atoms with Crippen molar-refractivity contribution in [3.8, 4) is 0 Å². The van der Waals surface area contributed by atoms with Gasteiger partial charge in [-0.2, -0.15) is 0 Å². The summed E-state index contributed by atoms with van der Waals surface area (Å²) in [7, 11) is -0.148. The van der Waals surface area contributed by atoms with E-state index in [2.05, 4.69) is 40.6 Å². The topological polar surface area (TPSA) is 18.5 Å². The van der Waals surface area contributed by atoms with Crippen LogP contribution in [-0.2, 0) is 9.31 Å². The molecule has 1 unspecified atom stereocenters. The van der Waals surface area contributed by atoms with E-state index in [1.165, 1.54) is 31.3 Å². The summed E-state index contributed by atoms with van der Waals surface area (Å²) in [6.07, 6.45) is 5.09. The van der Waals surface area contributed by atoms with Gasteiger partial charge in [-0.15, -0.1) is 0 Å². The molecule has 0 bridgehead atoms. The number of hydrogen-bond acceptors (Lipinski definition) is 2. The lowest BCUT2D eigenvalue weighted by Crippen LogP contribution is -2.41. The van der Waals surface area contributed by atoms with Crippen LogP contribution in [0.2, 0.25) is 0 Å². The summed E-state index contributed by atoms with van der Waals surface area (Å²) in [5, 5.41) is 0. The van der Waals surface area contributed by atoms with Crippen molar-refractivity contribution in [2.24, 2.45) is 5.92 Å². The lowest BCUT2D eigenvalue weighted by molar-refractivity contribution is 0.00578. The molecular weight excluding hydrogens is 211 g/mol. The molecule has 1 atom stereocenters. The van der Waals surface area contributed by atoms with E-state index in [1.807, 2.05) is 0 Å². The summed E-state index contributed by atoms with van der Waals surface area (Å²) in [5.41, 5.74) is 1.10. The van der Waals surface area contributed by atoms with Gasteiger partial charge in [0.1, 0.15) is 0 Å². The summed E-state index contributed by atoms with van der Waals surface area (Å²) in [6, 6.07) is 0. The van der Waals surface area contributed by atoms with Gasteiger partial charge in [-0.3, -0.25) is 0 Å². The molecule has 0 amide bonds. The minimum absolute atomic E-state index is 0.148. The molecule has 1 saturated heterocycles. The Hall–Kier alpha value is -0.275. The van der Waals surface area contributed by atoms with Crippen LogP contribution >= 0.6 is 0 Å². The highest BCUT2D eigenvalue weighted by molar-refractivity contribution is 6.51. The SMILES string of the molecule is CCC1CC/C(=C\B2OC(C)(C)C(C)(C)O2)C1. The predicted molar refractivity (Wildman–Crippen MR) is 71.8 cm³/mol. The highest BCUT2D eigenvalue weighted by atomic mass is 16.7. The summed E-state index contributed by atoms with van der Waals surface area (Å²) >= 11 is 0. The van der Waals surface area contributed by atoms with Crippen LogP contribution in [0.15, 0.2) is 11.5 Å². The standard InChI is InChI=1S/C14H25BO2/c1-6-11-7-8-12(9-11)10-15-16-13(2,3)14(4,5)17-15/h10-11H,6-9H2,1-5H3/b12-10+. The molecule has 1 aliphatic heterocycles. The van der Waals surface area contributed by atoms with Gasteiger partial charge in [-0.25, -0.2) is 0 Å². The van der Waals surface area contributed by atoms with E-state index in [4.69, 9.17) is 9.31 Å². The first-order valence-corrected chi connectivity index (χ1v) is 6.89. The molecule has 96 valence electrons. The van der Waals surface area contributed by atoms with Gasteiger partial charge < -0.3 is 9.31 Å². The minimum Gasteiger partial charge on any atom is -0.400 e. The van der Waals surface area contributed by atoms with Crippen molar-refractivity contribution >= 4 is 7.12 Å². The molecule has 1 heterocycles. The number of hydrogen-bond donors (Lipinski definition) is 0. The third-order valence-corrected chi connectivity index (χ3v) is 4.65. The Morgan fingerprint density at radius 3 is 2.29 bits per heavy atom. The highest BCUT2D eigenvalue weighted by Crippen LogP contribution is 2.39. The van der Waals surface area contributed by atoms with Crippen LogP contribution in [-0.4, -0.2) is 18.3 Å². The maximum absolute atomic E-state index is 6.00. The molecule has 2 aliphatic rings. The van der Waals surface area contributed by atoms with Gasteiger partial charge in [0.05, 0.1) is 11.2 Å². The van der Waals surface area contributed by atoms with E-state index in [1.54, 1.807) is 0 Å². The molecule has 3 heteroatoms. The molecular formula is C14H25BO2. The average molecular weight is 236 g/mol. The molecule has 0 aromatic rings. The van der Waals surface area contributed by atoms with Crippen LogP contribution in [0.3, 0.4) is 0 Å². The predicted octanol–water partition coefficient (Wildman–Crippen LogP) is 3.75. The Morgan fingerprint density at radius 1 is 1.24 bits per heavy atom. The van der Waals surface area contributed by atoms with Crippen molar-refractivity contribution < 1.29 is 9.31 Å². The van der Waals surface area contributed by atoms with E-state index in [-0.39, 0.29) is 18.3 Å². The molecule has 17 heavy (non-hydrogen) atoms. The lowest BCUT2D eigenvalue weighted by Gasteiger charge is -2.32. The summed E-state index contributed by atoms with van der Waals surface area (Å²) in [5.74, 6) is 3.09. The first-order chi connectivity index (χ1) is 7.84. The Morgan fingerprint density at radius 2 is 1.82 bits per heavy atom. The molecule has 0 aromatic carbocycles. The van der Waals surface area contributed by atoms with Gasteiger partial charge >= 0.3 is 7.12 Å². The molecule has 0 N–H and O–H groups in total. The van der Waals surface area contributed by atoms with Crippen molar-refractivity contribution in [1.29, 1.82) is 0 Å². The Balaban J connectivity index is 2.01. The van der Waals surface area contributed by atoms with Crippen LogP contribution < -0.4 is 0 Å². The van der Waals surface area contributed by atoms with Crippen LogP contribution in [0.5, 0.6) is 0 Å². The molecule has 2 rings (SSSR count). The fourth-order valence-corrected chi connectivity index (χ4v) is 2.61. The van der Waals surface area contributed by atoms with Gasteiger partial charge in [0.15, 0.2) is 0 Å². The van der Waals surface area contributed by atoms with E-state index in [9.17, 15) is 0 Å². The maximum Gasteiger partial charge on any atom is 0.487 e. The van der Waals surface area contributed by atoms with Crippen molar-refractivity contribution in [2.45, 2.75) is 71.5 Å². The molecule has 0 spiro atoms. The van der Waals surface area contributed by atoms with Gasteiger partial charge in [0.25, 0.3) is 0 Å². The lowest BCUT2D eigenvalue weighted by atomic mass is 9.86. The molecule has 2 fully saturated rings. The quantitative estimate of drug-likeness (QED) is 0.679. The second-order valence-electron chi connectivity index (χ2n) is 6.47. The zero-order valence-electron chi connectivity index (χ0n) is 11.9. The van der Waals surface area contributed by atoms with Crippen LogP contribution in [0.4, 0.5) is 0 Å². The zero-order chi connectivity index (χ0) is 12.7. The van der Waals surface area contributed by atoms with Crippen molar-refractivity contribution in [3.63, 3.8) is 0 Å². The normalized spacial score (nSPS) is 33.6. The van der Waals surface area contributed by atoms with Gasteiger partial charge in [-0.1, -0.05) is 24.9 Å². The van der Waals surface area contributed by atoms with Crippen LogP contribution in [0.25, 0.3) is 0 Å². The van der Waals surface area contributed by atoms with E-state index < -0.39 is 0 Å². The smallest absolute Gasteiger partial charge is 0.400 e. The highest BCUT2D eigenvalue weighted by Gasteiger charge is 2.50. The second kappa shape index (κ2) is 4.44. The monoisotopic (exact) mass is 236 g/mol. The Kier molecular flexibility index (Phi) is 3.43. The zero-order valence-corrected chi connectivity index (χ0v) is 11.9. The molecule has 2 nitrogen and oxygen atoms in total. The number of allylic oxidation sites excluding steroid dienone is 1. The fourth-order valence-electron chi connectivity index (χ4n) is 2.61. The molecule has 0 radical (unpaired) electrons. The summed E-state index contributed by atoms with van der Waals surface area (Å²) in [4.78, 5) is 0. The van der Waals surface area contributed by atoms with Gasteiger partial charge in [0, 0.05) is 0 Å². The summed E-state index contributed by atoms with van der Waals surface area (Å²) < 4.78 is 12.0. The first-order valence-electron chi connectivity index (χ1n) is 6.89. The Bertz CT molecular complexity index is 304. The van der Waals surface area contributed by atoms with Crippen molar-refractivity contribution in [1.82, 2.24) is 0 Å². The summed E-state index contributed by atoms with van der Waals surface area (Å²) in [6.45, 7) is 10.7. The van der Waals surface area contributed by atoms with Crippen LogP contribution in [0, 0.1) is 5.92 Å². The molecule has 1 aliphatic carbocycles. The van der Waals surface area contributed by atoms with E-state index in [0.29, 0.717) is 0 Å². The van der Waals surface area contributed by atoms with Crippen LogP contribution in [0.1, 0.15) is 60.3 Å². The minimum atomic E-state index is -0.211. The van der Waals surface area contributed by atoms with Gasteiger partial charge in [-0.05, 0) is 52.9 Å². The third-order valence-electron chi connectivity index (χ3n) is 4.65. The molecule has 0 aromatic heterocycles. The van der Waals surface area contributed by atoms with E-state index in [0.717, 1.165) is 5.92 Å². The third kappa shape index (κ3) is 2.60. The largest absolute Gasteiger partial charge is 0.487 e. The van der Waals surface area contributed by atoms with E-state index >= 15 is 0 Å².